The van der Waals surface area contributed by atoms with Crippen LogP contribution in [0.1, 0.15) is 19.8 Å². The van der Waals surface area contributed by atoms with Crippen LogP contribution >= 0.6 is 0 Å². The smallest absolute Gasteiger partial charge is 0.309 e. The molecule has 90 valence electrons. The van der Waals surface area contributed by atoms with Crippen molar-refractivity contribution in [3.63, 3.8) is 0 Å². The van der Waals surface area contributed by atoms with Gasteiger partial charge in [-0.25, -0.2) is 8.78 Å². The maximum Gasteiger partial charge on any atom is 0.309 e. The van der Waals surface area contributed by atoms with Crippen LogP contribution in [0.25, 0.3) is 0 Å². The van der Waals surface area contributed by atoms with Crippen LogP contribution in [0.5, 0.6) is 5.75 Å². The van der Waals surface area contributed by atoms with Crippen molar-refractivity contribution in [1.82, 2.24) is 0 Å². The van der Waals surface area contributed by atoms with Crippen LogP contribution in [-0.4, -0.2) is 14.2 Å². The van der Waals surface area contributed by atoms with Gasteiger partial charge in [-0.3, -0.25) is 0 Å². The maximum absolute atomic E-state index is 12.7. The lowest BCUT2D eigenvalue weighted by Crippen LogP contribution is -2.13. The third-order valence-electron chi connectivity index (χ3n) is 1.81. The zero-order valence-electron chi connectivity index (χ0n) is 8.74. The summed E-state index contributed by atoms with van der Waals surface area (Å²) in [5.74, 6) is -2.25. The molecule has 0 saturated heterocycles. The maximum atomic E-state index is 12.7. The van der Waals surface area contributed by atoms with Crippen LogP contribution in [-0.2, 0) is 10.1 Å². The van der Waals surface area contributed by atoms with Crippen molar-refractivity contribution in [2.45, 2.75) is 19.8 Å². The lowest BCUT2D eigenvalue weighted by Gasteiger charge is -2.06. The second kappa shape index (κ2) is 5.25. The van der Waals surface area contributed by atoms with Gasteiger partial charge in [0.25, 0.3) is 0 Å². The lowest BCUT2D eigenvalue weighted by molar-refractivity contribution is 0.476. The summed E-state index contributed by atoms with van der Waals surface area (Å²) in [5.41, 5.74) is 0. The van der Waals surface area contributed by atoms with Gasteiger partial charge < -0.3 is 4.18 Å². The molecule has 0 bridgehead atoms. The molecule has 1 rings (SSSR count). The van der Waals surface area contributed by atoms with Crippen LogP contribution in [0.3, 0.4) is 0 Å². The average molecular weight is 250 g/mol. The molecule has 0 saturated carbocycles. The van der Waals surface area contributed by atoms with Crippen molar-refractivity contribution in [1.29, 1.82) is 0 Å². The summed E-state index contributed by atoms with van der Waals surface area (Å²) in [7, 11) is -3.76. The van der Waals surface area contributed by atoms with Crippen molar-refractivity contribution in [2.75, 3.05) is 5.75 Å². The van der Waals surface area contributed by atoms with E-state index in [4.69, 9.17) is 0 Å². The molecule has 0 amide bonds. The Bertz CT molecular complexity index is 437. The van der Waals surface area contributed by atoms with E-state index in [-0.39, 0.29) is 11.5 Å². The fraction of sp³-hybridized carbons (Fsp3) is 0.400. The quantitative estimate of drug-likeness (QED) is 0.754. The van der Waals surface area contributed by atoms with Crippen molar-refractivity contribution in [2.24, 2.45) is 0 Å². The molecule has 16 heavy (non-hydrogen) atoms. The van der Waals surface area contributed by atoms with Crippen LogP contribution in [0.2, 0.25) is 0 Å². The molecule has 1 aromatic rings. The zero-order valence-corrected chi connectivity index (χ0v) is 9.56. The van der Waals surface area contributed by atoms with E-state index in [1.807, 2.05) is 6.92 Å². The van der Waals surface area contributed by atoms with Crippen molar-refractivity contribution in [3.05, 3.63) is 29.8 Å². The third kappa shape index (κ3) is 4.14. The molecule has 3 nitrogen and oxygen atoms in total. The van der Waals surface area contributed by atoms with Crippen LogP contribution in [0, 0.1) is 11.6 Å². The number of benzene rings is 1. The fourth-order valence-corrected chi connectivity index (χ4v) is 2.20. The second-order valence-electron chi connectivity index (χ2n) is 3.30. The molecular weight excluding hydrogens is 238 g/mol. The lowest BCUT2D eigenvalue weighted by atomic mass is 10.3. The number of halogens is 2. The first-order chi connectivity index (χ1) is 7.43. The molecule has 0 heterocycles. The number of unbranched alkanes of at least 4 members (excludes halogenated alkanes) is 1. The Labute approximate surface area is 93.2 Å². The molecule has 0 aliphatic heterocycles. The minimum Gasteiger partial charge on any atom is -0.382 e. The van der Waals surface area contributed by atoms with Gasteiger partial charge in [0.2, 0.25) is 0 Å². The van der Waals surface area contributed by atoms with Gasteiger partial charge in [0.15, 0.2) is 0 Å². The Morgan fingerprint density at radius 3 is 2.25 bits per heavy atom. The van der Waals surface area contributed by atoms with E-state index >= 15 is 0 Å². The van der Waals surface area contributed by atoms with Gasteiger partial charge in [-0.15, -0.1) is 0 Å². The van der Waals surface area contributed by atoms with E-state index in [0.717, 1.165) is 12.1 Å². The Kier molecular flexibility index (Phi) is 4.23. The van der Waals surface area contributed by atoms with E-state index < -0.39 is 21.8 Å². The summed E-state index contributed by atoms with van der Waals surface area (Å²) in [6.07, 6.45) is 1.14. The van der Waals surface area contributed by atoms with Gasteiger partial charge in [-0.05, 0) is 6.42 Å². The molecule has 1 aromatic carbocycles. The number of hydrogen-bond acceptors (Lipinski definition) is 3. The van der Waals surface area contributed by atoms with Crippen molar-refractivity contribution >= 4 is 10.1 Å². The third-order valence-corrected chi connectivity index (χ3v) is 3.04. The minimum atomic E-state index is -3.76. The van der Waals surface area contributed by atoms with Crippen LogP contribution in [0.4, 0.5) is 8.78 Å². The van der Waals surface area contributed by atoms with Gasteiger partial charge in [0, 0.05) is 18.2 Å². The highest BCUT2D eigenvalue weighted by molar-refractivity contribution is 7.87. The molecule has 0 spiro atoms. The second-order valence-corrected chi connectivity index (χ2v) is 4.99. The highest BCUT2D eigenvalue weighted by atomic mass is 32.2. The molecule has 0 N–H and O–H groups in total. The Hall–Kier alpha value is -1.17. The first-order valence-corrected chi connectivity index (χ1v) is 6.39. The summed E-state index contributed by atoms with van der Waals surface area (Å²) in [6.45, 7) is 1.83. The van der Waals surface area contributed by atoms with E-state index in [0.29, 0.717) is 18.9 Å². The van der Waals surface area contributed by atoms with E-state index in [2.05, 4.69) is 4.18 Å². The Morgan fingerprint density at radius 2 is 1.75 bits per heavy atom. The predicted molar refractivity (Wildman–Crippen MR) is 55.7 cm³/mol. The normalized spacial score (nSPS) is 11.4. The summed E-state index contributed by atoms with van der Waals surface area (Å²) in [4.78, 5) is 0. The largest absolute Gasteiger partial charge is 0.382 e. The van der Waals surface area contributed by atoms with Gasteiger partial charge in [-0.2, -0.15) is 8.42 Å². The SMILES string of the molecule is CCCCS(=O)(=O)Oc1cc(F)cc(F)c1. The molecule has 0 fully saturated rings. The summed E-state index contributed by atoms with van der Waals surface area (Å²) < 4.78 is 52.7. The van der Waals surface area contributed by atoms with Gasteiger partial charge >= 0.3 is 10.1 Å². The molecular formula is C10H12F2O3S. The number of hydrogen-bond donors (Lipinski definition) is 0. The minimum absolute atomic E-state index is 0.165. The summed E-state index contributed by atoms with van der Waals surface area (Å²) >= 11 is 0. The molecule has 0 unspecified atom stereocenters. The first kappa shape index (κ1) is 12.9. The van der Waals surface area contributed by atoms with Crippen LogP contribution < -0.4 is 4.18 Å². The zero-order chi connectivity index (χ0) is 12.2. The molecule has 0 atom stereocenters. The highest BCUT2D eigenvalue weighted by Crippen LogP contribution is 2.17. The first-order valence-electron chi connectivity index (χ1n) is 4.81. The van der Waals surface area contributed by atoms with Gasteiger partial charge in [0.1, 0.15) is 17.4 Å². The molecule has 0 aromatic heterocycles. The molecule has 0 aliphatic carbocycles. The summed E-state index contributed by atoms with van der Waals surface area (Å²) in [6, 6.07) is 2.30. The van der Waals surface area contributed by atoms with Crippen molar-refractivity contribution < 1.29 is 21.4 Å². The van der Waals surface area contributed by atoms with E-state index in [9.17, 15) is 17.2 Å². The van der Waals surface area contributed by atoms with Crippen molar-refractivity contribution in [3.8, 4) is 5.75 Å². The van der Waals surface area contributed by atoms with E-state index in [1.165, 1.54) is 0 Å². The van der Waals surface area contributed by atoms with Gasteiger partial charge in [-0.1, -0.05) is 13.3 Å². The standard InChI is InChI=1S/C10H12F2O3S/c1-2-3-4-16(13,14)15-10-6-8(11)5-9(12)7-10/h5-7H,2-4H2,1H3. The Morgan fingerprint density at radius 1 is 1.19 bits per heavy atom. The monoisotopic (exact) mass is 250 g/mol. The van der Waals surface area contributed by atoms with Gasteiger partial charge in [0.05, 0.1) is 5.75 Å². The average Bonchev–Trinajstić information content (AvgIpc) is 2.12. The fourth-order valence-electron chi connectivity index (χ4n) is 1.09. The molecule has 6 heteroatoms. The highest BCUT2D eigenvalue weighted by Gasteiger charge is 2.13. The topological polar surface area (TPSA) is 43.4 Å². The number of rotatable bonds is 5. The molecule has 0 aliphatic rings. The molecule has 0 radical (unpaired) electrons. The summed E-state index contributed by atoms with van der Waals surface area (Å²) in [5, 5.41) is 0. The van der Waals surface area contributed by atoms with Crippen LogP contribution in [0.15, 0.2) is 18.2 Å². The Balaban J connectivity index is 2.80. The van der Waals surface area contributed by atoms with E-state index in [1.54, 1.807) is 0 Å². The predicted octanol–water partition coefficient (Wildman–Crippen LogP) is 2.47.